The SMILES string of the molecule is Cc1ccc(C(C)NC(=O)C2CCN(Cc3nc(-c4ccccc4)no3)CC2)c(C)c1. The lowest BCUT2D eigenvalue weighted by atomic mass is 9.94. The van der Waals surface area contributed by atoms with Crippen LogP contribution in [0.2, 0.25) is 0 Å². The Labute approximate surface area is 183 Å². The molecular weight excluding hydrogens is 388 g/mol. The number of carbonyl (C=O) groups excluding carboxylic acids is 1. The van der Waals surface area contributed by atoms with Crippen LogP contribution in [0, 0.1) is 19.8 Å². The minimum atomic E-state index is 0.0148. The van der Waals surface area contributed by atoms with Crippen molar-refractivity contribution in [3.63, 3.8) is 0 Å². The van der Waals surface area contributed by atoms with Crippen molar-refractivity contribution >= 4 is 5.91 Å². The second-order valence-electron chi connectivity index (χ2n) is 8.52. The Balaban J connectivity index is 1.27. The summed E-state index contributed by atoms with van der Waals surface area (Å²) < 4.78 is 5.44. The lowest BCUT2D eigenvalue weighted by molar-refractivity contribution is -0.127. The Kier molecular flexibility index (Phi) is 6.47. The van der Waals surface area contributed by atoms with E-state index in [-0.39, 0.29) is 17.9 Å². The van der Waals surface area contributed by atoms with Gasteiger partial charge in [-0.15, -0.1) is 0 Å². The molecule has 1 aromatic heterocycles. The van der Waals surface area contributed by atoms with Crippen LogP contribution in [0.5, 0.6) is 0 Å². The number of hydrogen-bond donors (Lipinski definition) is 1. The summed E-state index contributed by atoms with van der Waals surface area (Å²) in [6, 6.07) is 16.2. The average molecular weight is 419 g/mol. The standard InChI is InChI=1S/C25H30N4O2/c1-17-9-10-22(18(2)15-17)19(3)26-25(30)21-11-13-29(14-12-21)16-23-27-24(28-31-23)20-7-5-4-6-8-20/h4-10,15,19,21H,11-14,16H2,1-3H3,(H,26,30). The molecule has 2 heterocycles. The van der Waals surface area contributed by atoms with Gasteiger partial charge in [-0.25, -0.2) is 0 Å². The highest BCUT2D eigenvalue weighted by Crippen LogP contribution is 2.23. The van der Waals surface area contributed by atoms with Gasteiger partial charge in [0, 0.05) is 11.5 Å². The minimum absolute atomic E-state index is 0.0148. The summed E-state index contributed by atoms with van der Waals surface area (Å²) in [5, 5.41) is 7.31. The Hall–Kier alpha value is -2.99. The molecule has 0 spiro atoms. The van der Waals surface area contributed by atoms with Gasteiger partial charge in [0.25, 0.3) is 0 Å². The number of rotatable bonds is 6. The second kappa shape index (κ2) is 9.43. The van der Waals surface area contributed by atoms with E-state index in [1.165, 1.54) is 16.7 Å². The fraction of sp³-hybridized carbons (Fsp3) is 0.400. The van der Waals surface area contributed by atoms with E-state index in [1.807, 2.05) is 30.3 Å². The van der Waals surface area contributed by atoms with Gasteiger partial charge in [-0.3, -0.25) is 9.69 Å². The highest BCUT2D eigenvalue weighted by atomic mass is 16.5. The van der Waals surface area contributed by atoms with Gasteiger partial charge in [0.15, 0.2) is 0 Å². The number of hydrogen-bond acceptors (Lipinski definition) is 5. The molecular formula is C25H30N4O2. The molecule has 2 aromatic carbocycles. The Bertz CT molecular complexity index is 1020. The molecule has 162 valence electrons. The first-order chi connectivity index (χ1) is 15.0. The number of aromatic nitrogens is 2. The number of likely N-dealkylation sites (tertiary alicyclic amines) is 1. The fourth-order valence-corrected chi connectivity index (χ4v) is 4.29. The molecule has 3 aromatic rings. The maximum absolute atomic E-state index is 12.8. The van der Waals surface area contributed by atoms with E-state index in [0.29, 0.717) is 18.3 Å². The van der Waals surface area contributed by atoms with Gasteiger partial charge in [0.2, 0.25) is 17.6 Å². The maximum atomic E-state index is 12.8. The van der Waals surface area contributed by atoms with Crippen molar-refractivity contribution < 1.29 is 9.32 Å². The molecule has 31 heavy (non-hydrogen) atoms. The predicted molar refractivity (Wildman–Crippen MR) is 120 cm³/mol. The first kappa shape index (κ1) is 21.2. The zero-order chi connectivity index (χ0) is 21.8. The lowest BCUT2D eigenvalue weighted by Crippen LogP contribution is -2.41. The third-order valence-corrected chi connectivity index (χ3v) is 6.07. The van der Waals surface area contributed by atoms with Crippen molar-refractivity contribution in [3.05, 3.63) is 71.1 Å². The molecule has 0 radical (unpaired) electrons. The number of piperidine rings is 1. The molecule has 0 saturated carbocycles. The number of nitrogens with one attached hydrogen (secondary N) is 1. The molecule has 1 amide bonds. The molecule has 1 atom stereocenters. The Morgan fingerprint density at radius 3 is 2.61 bits per heavy atom. The second-order valence-corrected chi connectivity index (χ2v) is 8.52. The van der Waals surface area contributed by atoms with Crippen molar-refractivity contribution in [1.29, 1.82) is 0 Å². The molecule has 0 aliphatic carbocycles. The molecule has 4 rings (SSSR count). The summed E-state index contributed by atoms with van der Waals surface area (Å²) in [7, 11) is 0. The van der Waals surface area contributed by atoms with E-state index in [1.54, 1.807) is 0 Å². The Morgan fingerprint density at radius 2 is 1.90 bits per heavy atom. The molecule has 1 fully saturated rings. The number of carbonyl (C=O) groups is 1. The quantitative estimate of drug-likeness (QED) is 0.641. The number of amides is 1. The summed E-state index contributed by atoms with van der Waals surface area (Å²) in [6.45, 7) is 8.56. The first-order valence-electron chi connectivity index (χ1n) is 11.0. The first-order valence-corrected chi connectivity index (χ1v) is 11.0. The third-order valence-electron chi connectivity index (χ3n) is 6.07. The molecule has 1 saturated heterocycles. The molecule has 1 unspecified atom stereocenters. The third kappa shape index (κ3) is 5.20. The van der Waals surface area contributed by atoms with E-state index < -0.39 is 0 Å². The molecule has 0 bridgehead atoms. The smallest absolute Gasteiger partial charge is 0.241 e. The van der Waals surface area contributed by atoms with Crippen LogP contribution in [0.1, 0.15) is 48.4 Å². The van der Waals surface area contributed by atoms with E-state index in [2.05, 4.69) is 59.3 Å². The van der Waals surface area contributed by atoms with Crippen molar-refractivity contribution in [2.75, 3.05) is 13.1 Å². The predicted octanol–water partition coefficient (Wildman–Crippen LogP) is 4.44. The topological polar surface area (TPSA) is 71.3 Å². The Morgan fingerprint density at radius 1 is 1.16 bits per heavy atom. The van der Waals surface area contributed by atoms with Crippen LogP contribution in [0.25, 0.3) is 11.4 Å². The molecule has 6 heteroatoms. The highest BCUT2D eigenvalue weighted by Gasteiger charge is 2.27. The fourth-order valence-electron chi connectivity index (χ4n) is 4.29. The van der Waals surface area contributed by atoms with Gasteiger partial charge in [-0.1, -0.05) is 59.3 Å². The molecule has 1 N–H and O–H groups in total. The zero-order valence-corrected chi connectivity index (χ0v) is 18.5. The monoisotopic (exact) mass is 418 g/mol. The number of benzene rings is 2. The van der Waals surface area contributed by atoms with Gasteiger partial charge in [0.1, 0.15) is 0 Å². The largest absolute Gasteiger partial charge is 0.349 e. The van der Waals surface area contributed by atoms with E-state index in [9.17, 15) is 4.79 Å². The number of nitrogens with zero attached hydrogens (tertiary/aromatic N) is 3. The van der Waals surface area contributed by atoms with Crippen molar-refractivity contribution in [2.24, 2.45) is 5.92 Å². The average Bonchev–Trinajstić information content (AvgIpc) is 3.23. The van der Waals surface area contributed by atoms with Gasteiger partial charge in [0.05, 0.1) is 12.6 Å². The van der Waals surface area contributed by atoms with Crippen molar-refractivity contribution in [2.45, 2.75) is 46.2 Å². The van der Waals surface area contributed by atoms with E-state index in [4.69, 9.17) is 4.52 Å². The van der Waals surface area contributed by atoms with Crippen LogP contribution in [-0.4, -0.2) is 34.0 Å². The molecule has 1 aliphatic rings. The van der Waals surface area contributed by atoms with Crippen LogP contribution in [0.4, 0.5) is 0 Å². The molecule has 6 nitrogen and oxygen atoms in total. The molecule has 1 aliphatic heterocycles. The maximum Gasteiger partial charge on any atom is 0.241 e. The summed E-state index contributed by atoms with van der Waals surface area (Å²) in [5.41, 5.74) is 4.59. The van der Waals surface area contributed by atoms with E-state index >= 15 is 0 Å². The summed E-state index contributed by atoms with van der Waals surface area (Å²) in [5.74, 6) is 1.43. The van der Waals surface area contributed by atoms with Gasteiger partial charge < -0.3 is 9.84 Å². The lowest BCUT2D eigenvalue weighted by Gasteiger charge is -2.31. The van der Waals surface area contributed by atoms with Crippen LogP contribution >= 0.6 is 0 Å². The van der Waals surface area contributed by atoms with Crippen molar-refractivity contribution in [1.82, 2.24) is 20.4 Å². The van der Waals surface area contributed by atoms with Crippen LogP contribution in [-0.2, 0) is 11.3 Å². The summed E-state index contributed by atoms with van der Waals surface area (Å²) in [6.07, 6.45) is 1.68. The summed E-state index contributed by atoms with van der Waals surface area (Å²) in [4.78, 5) is 19.6. The van der Waals surface area contributed by atoms with Crippen molar-refractivity contribution in [3.8, 4) is 11.4 Å². The number of aryl methyl sites for hydroxylation is 2. The highest BCUT2D eigenvalue weighted by molar-refractivity contribution is 5.79. The van der Waals surface area contributed by atoms with Gasteiger partial charge in [-0.2, -0.15) is 4.98 Å². The normalized spacial score (nSPS) is 16.2. The minimum Gasteiger partial charge on any atom is -0.349 e. The van der Waals surface area contributed by atoms with E-state index in [0.717, 1.165) is 31.5 Å². The summed E-state index contributed by atoms with van der Waals surface area (Å²) >= 11 is 0. The van der Waals surface area contributed by atoms with Gasteiger partial charge >= 0.3 is 0 Å². The van der Waals surface area contributed by atoms with Crippen LogP contribution in [0.3, 0.4) is 0 Å². The zero-order valence-electron chi connectivity index (χ0n) is 18.5. The van der Waals surface area contributed by atoms with Crippen LogP contribution < -0.4 is 5.32 Å². The van der Waals surface area contributed by atoms with Crippen LogP contribution in [0.15, 0.2) is 53.1 Å². The van der Waals surface area contributed by atoms with Gasteiger partial charge in [-0.05, 0) is 57.8 Å².